The predicted octanol–water partition coefficient (Wildman–Crippen LogP) is 4.14. The SMILES string of the molecule is CC(=O)OC(C)C(=O)Nc1cccc(C2OC(CSc3nccn3C)CC(c3ccc(CO)cc3)O2)c1. The summed E-state index contributed by atoms with van der Waals surface area (Å²) >= 11 is 1.62. The first-order valence-corrected chi connectivity index (χ1v) is 13.0. The molecule has 0 bridgehead atoms. The Kier molecular flexibility index (Phi) is 8.99. The third-order valence-corrected chi connectivity index (χ3v) is 7.12. The number of nitrogens with one attached hydrogen (secondary N) is 1. The molecule has 0 radical (unpaired) electrons. The molecular formula is C27H31N3O6S. The van der Waals surface area contributed by atoms with E-state index >= 15 is 0 Å². The molecule has 2 aromatic carbocycles. The van der Waals surface area contributed by atoms with E-state index in [2.05, 4.69) is 10.3 Å². The van der Waals surface area contributed by atoms with Crippen LogP contribution in [0.1, 0.15) is 49.4 Å². The molecule has 1 amide bonds. The number of thioether (sulfide) groups is 1. The molecule has 0 spiro atoms. The van der Waals surface area contributed by atoms with Crippen molar-refractivity contribution in [1.29, 1.82) is 0 Å². The Morgan fingerprint density at radius 3 is 2.68 bits per heavy atom. The van der Waals surface area contributed by atoms with Crippen LogP contribution in [0.4, 0.5) is 5.69 Å². The second-order valence-electron chi connectivity index (χ2n) is 8.85. The van der Waals surface area contributed by atoms with Crippen molar-refractivity contribution in [2.75, 3.05) is 11.1 Å². The number of carbonyl (C=O) groups is 2. The number of hydrogen-bond acceptors (Lipinski definition) is 8. The number of aliphatic hydroxyl groups excluding tert-OH is 1. The molecule has 4 atom stereocenters. The van der Waals surface area contributed by atoms with Gasteiger partial charge in [0.15, 0.2) is 17.6 Å². The number of carbonyl (C=O) groups excluding carboxylic acids is 2. The number of nitrogens with zero attached hydrogens (tertiary/aromatic N) is 2. The van der Waals surface area contributed by atoms with Crippen molar-refractivity contribution in [1.82, 2.24) is 9.55 Å². The minimum atomic E-state index is -0.915. The summed E-state index contributed by atoms with van der Waals surface area (Å²) in [5.41, 5.74) is 3.13. The van der Waals surface area contributed by atoms with Gasteiger partial charge in [0.05, 0.1) is 18.8 Å². The maximum absolute atomic E-state index is 12.4. The smallest absolute Gasteiger partial charge is 0.303 e. The lowest BCUT2D eigenvalue weighted by molar-refractivity contribution is -0.245. The quantitative estimate of drug-likeness (QED) is 0.317. The van der Waals surface area contributed by atoms with Gasteiger partial charge in [0.1, 0.15) is 0 Å². The summed E-state index contributed by atoms with van der Waals surface area (Å²) in [6.07, 6.45) is 2.41. The van der Waals surface area contributed by atoms with Crippen LogP contribution in [0.5, 0.6) is 0 Å². The van der Waals surface area contributed by atoms with Crippen molar-refractivity contribution in [3.8, 4) is 0 Å². The zero-order valence-electron chi connectivity index (χ0n) is 21.0. The number of amides is 1. The van der Waals surface area contributed by atoms with E-state index in [9.17, 15) is 14.7 Å². The number of rotatable bonds is 9. The Bertz CT molecular complexity index is 1210. The normalized spacial score (nSPS) is 20.3. The molecule has 1 fully saturated rings. The Labute approximate surface area is 220 Å². The largest absolute Gasteiger partial charge is 0.453 e. The van der Waals surface area contributed by atoms with Crippen molar-refractivity contribution in [2.24, 2.45) is 7.05 Å². The van der Waals surface area contributed by atoms with E-state index in [4.69, 9.17) is 14.2 Å². The van der Waals surface area contributed by atoms with Gasteiger partial charge in [-0.2, -0.15) is 0 Å². The predicted molar refractivity (Wildman–Crippen MR) is 139 cm³/mol. The Balaban J connectivity index is 1.52. The highest BCUT2D eigenvalue weighted by atomic mass is 32.2. The first-order chi connectivity index (χ1) is 17.8. The van der Waals surface area contributed by atoms with Crippen LogP contribution < -0.4 is 5.32 Å². The lowest BCUT2D eigenvalue weighted by atomic mass is 10.0. The number of aromatic nitrogens is 2. The number of aryl methyl sites for hydroxylation is 1. The van der Waals surface area contributed by atoms with E-state index in [0.29, 0.717) is 17.9 Å². The summed E-state index contributed by atoms with van der Waals surface area (Å²) in [5, 5.41) is 13.1. The van der Waals surface area contributed by atoms with Gasteiger partial charge in [0.25, 0.3) is 5.91 Å². The van der Waals surface area contributed by atoms with Crippen molar-refractivity contribution >= 4 is 29.3 Å². The number of benzene rings is 2. The van der Waals surface area contributed by atoms with Crippen molar-refractivity contribution < 1.29 is 28.9 Å². The van der Waals surface area contributed by atoms with E-state index in [1.165, 1.54) is 13.8 Å². The van der Waals surface area contributed by atoms with Gasteiger partial charge in [-0.1, -0.05) is 48.2 Å². The summed E-state index contributed by atoms with van der Waals surface area (Å²) in [4.78, 5) is 28.0. The molecule has 1 saturated heterocycles. The molecule has 37 heavy (non-hydrogen) atoms. The number of ether oxygens (including phenoxy) is 3. The highest BCUT2D eigenvalue weighted by Gasteiger charge is 2.32. The van der Waals surface area contributed by atoms with Gasteiger partial charge in [-0.05, 0) is 30.2 Å². The van der Waals surface area contributed by atoms with Crippen LogP contribution in [0.25, 0.3) is 0 Å². The summed E-state index contributed by atoms with van der Waals surface area (Å²) in [6.45, 7) is 2.76. The third-order valence-electron chi connectivity index (χ3n) is 5.93. The number of hydrogen-bond donors (Lipinski definition) is 2. The Morgan fingerprint density at radius 2 is 2.00 bits per heavy atom. The van der Waals surface area contributed by atoms with Crippen molar-refractivity contribution in [3.63, 3.8) is 0 Å². The zero-order valence-corrected chi connectivity index (χ0v) is 21.8. The Hall–Kier alpha value is -3.18. The maximum Gasteiger partial charge on any atom is 0.303 e. The fourth-order valence-corrected chi connectivity index (χ4v) is 4.94. The van der Waals surface area contributed by atoms with Crippen LogP contribution in [0.3, 0.4) is 0 Å². The summed E-state index contributed by atoms with van der Waals surface area (Å²) in [7, 11) is 1.95. The highest BCUT2D eigenvalue weighted by molar-refractivity contribution is 7.99. The first-order valence-electron chi connectivity index (χ1n) is 12.0. The molecule has 2 N–H and O–H groups in total. The first kappa shape index (κ1) is 26.9. The van der Waals surface area contributed by atoms with Crippen molar-refractivity contribution in [3.05, 3.63) is 77.6 Å². The van der Waals surface area contributed by atoms with E-state index in [1.54, 1.807) is 30.1 Å². The number of anilines is 1. The minimum absolute atomic E-state index is 0.0188. The molecule has 2 heterocycles. The molecule has 1 aliphatic rings. The summed E-state index contributed by atoms with van der Waals surface area (Å²) < 4.78 is 19.7. The number of esters is 1. The topological polar surface area (TPSA) is 112 Å². The number of imidazole rings is 1. The van der Waals surface area contributed by atoms with Crippen LogP contribution in [0.15, 0.2) is 66.1 Å². The molecule has 3 aromatic rings. The second-order valence-corrected chi connectivity index (χ2v) is 9.84. The van der Waals surface area contributed by atoms with E-state index in [1.807, 2.05) is 54.2 Å². The fraction of sp³-hybridized carbons (Fsp3) is 0.370. The van der Waals surface area contributed by atoms with Gasteiger partial charge >= 0.3 is 5.97 Å². The molecule has 9 nitrogen and oxygen atoms in total. The molecule has 1 aromatic heterocycles. The van der Waals surface area contributed by atoms with Crippen LogP contribution in [-0.4, -0.2) is 44.5 Å². The highest BCUT2D eigenvalue weighted by Crippen LogP contribution is 2.39. The van der Waals surface area contributed by atoms with Crippen molar-refractivity contribution in [2.45, 2.75) is 56.6 Å². The molecule has 0 aliphatic carbocycles. The molecular weight excluding hydrogens is 494 g/mol. The Morgan fingerprint density at radius 1 is 1.22 bits per heavy atom. The molecule has 0 saturated carbocycles. The molecule has 1 aliphatic heterocycles. The zero-order chi connectivity index (χ0) is 26.4. The average molecular weight is 526 g/mol. The van der Waals surface area contributed by atoms with Crippen LogP contribution in [0.2, 0.25) is 0 Å². The summed E-state index contributed by atoms with van der Waals surface area (Å²) in [5.74, 6) is -0.261. The van der Waals surface area contributed by atoms with Gasteiger partial charge in [0, 0.05) is 49.8 Å². The number of aliphatic hydroxyl groups is 1. The minimum Gasteiger partial charge on any atom is -0.453 e. The standard InChI is InChI=1S/C27H31N3O6S/c1-17(34-18(2)32)25(33)29-22-6-4-5-21(13-22)26-35-23(16-37-27-28-11-12-30(27)3)14-24(36-26)20-9-7-19(15-31)8-10-20/h4-13,17,23-24,26,31H,14-16H2,1-3H3,(H,29,33). The molecule has 4 rings (SSSR count). The van der Waals surface area contributed by atoms with Crippen LogP contribution >= 0.6 is 11.8 Å². The fourth-order valence-electron chi connectivity index (χ4n) is 3.99. The molecule has 4 unspecified atom stereocenters. The van der Waals surface area contributed by atoms with Gasteiger partial charge in [-0.15, -0.1) is 0 Å². The average Bonchev–Trinajstić information content (AvgIpc) is 3.31. The lowest BCUT2D eigenvalue weighted by Gasteiger charge is -2.36. The van der Waals surface area contributed by atoms with Gasteiger partial charge in [-0.25, -0.2) is 4.98 Å². The lowest BCUT2D eigenvalue weighted by Crippen LogP contribution is -2.31. The third kappa shape index (κ3) is 7.20. The van der Waals surface area contributed by atoms with Gasteiger partial charge < -0.3 is 29.2 Å². The second kappa shape index (κ2) is 12.4. The van der Waals surface area contributed by atoms with E-state index in [0.717, 1.165) is 21.8 Å². The van der Waals surface area contributed by atoms with Gasteiger partial charge in [-0.3, -0.25) is 9.59 Å². The van der Waals surface area contributed by atoms with E-state index < -0.39 is 24.3 Å². The summed E-state index contributed by atoms with van der Waals surface area (Å²) in [6, 6.07) is 15.0. The monoisotopic (exact) mass is 525 g/mol. The van der Waals surface area contributed by atoms with Gasteiger partial charge in [0.2, 0.25) is 0 Å². The molecule has 10 heteroatoms. The van der Waals surface area contributed by atoms with Crippen LogP contribution in [0, 0.1) is 0 Å². The molecule has 196 valence electrons. The van der Waals surface area contributed by atoms with E-state index in [-0.39, 0.29) is 18.8 Å². The maximum atomic E-state index is 12.4. The van der Waals surface area contributed by atoms with Crippen LogP contribution in [-0.2, 0) is 37.5 Å².